The molecule has 30 heavy (non-hydrogen) atoms. The van der Waals surface area contributed by atoms with Crippen LogP contribution in [0.1, 0.15) is 54.2 Å². The van der Waals surface area contributed by atoms with Gasteiger partial charge >= 0.3 is 5.97 Å². The van der Waals surface area contributed by atoms with Crippen LogP contribution in [0.4, 0.5) is 11.4 Å². The Morgan fingerprint density at radius 2 is 1.70 bits per heavy atom. The smallest absolute Gasteiger partial charge is 0.338 e. The summed E-state index contributed by atoms with van der Waals surface area (Å²) in [5.41, 5.74) is 5.63. The van der Waals surface area contributed by atoms with E-state index in [9.17, 15) is 9.90 Å². The van der Waals surface area contributed by atoms with Gasteiger partial charge in [-0.25, -0.2) is 4.79 Å². The summed E-state index contributed by atoms with van der Waals surface area (Å²) in [5.74, 6) is -0.299. The number of rotatable bonds is 6. The van der Waals surface area contributed by atoms with E-state index in [1.165, 1.54) is 11.1 Å². The molecule has 0 bridgehead atoms. The summed E-state index contributed by atoms with van der Waals surface area (Å²) in [4.78, 5) is 17.2. The van der Waals surface area contributed by atoms with Gasteiger partial charge < -0.3 is 19.6 Å². The van der Waals surface area contributed by atoms with E-state index in [-0.39, 0.29) is 12.6 Å². The average Bonchev–Trinajstić information content (AvgIpc) is 2.82. The molecule has 0 radical (unpaired) electrons. The molecule has 0 aromatic heterocycles. The van der Waals surface area contributed by atoms with Gasteiger partial charge in [-0.2, -0.15) is 0 Å². The molecule has 1 aliphatic heterocycles. The summed E-state index contributed by atoms with van der Waals surface area (Å²) in [5, 5.41) is 9.68. The van der Waals surface area contributed by atoms with E-state index in [1.807, 2.05) is 39.0 Å². The first-order valence-electron chi connectivity index (χ1n) is 10.7. The minimum absolute atomic E-state index is 0.0175. The Labute approximate surface area is 180 Å². The predicted octanol–water partition coefficient (Wildman–Crippen LogP) is 4.32. The third-order valence-electron chi connectivity index (χ3n) is 5.28. The minimum Gasteiger partial charge on any atom is -0.456 e. The molecule has 0 spiro atoms. The zero-order valence-corrected chi connectivity index (χ0v) is 18.9. The van der Waals surface area contributed by atoms with Crippen molar-refractivity contribution in [1.29, 1.82) is 0 Å². The molecular weight excluding hydrogens is 376 g/mol. The van der Waals surface area contributed by atoms with Crippen molar-refractivity contribution in [3.63, 3.8) is 0 Å². The van der Waals surface area contributed by atoms with Gasteiger partial charge in [-0.1, -0.05) is 18.2 Å². The molecule has 0 aliphatic carbocycles. The molecule has 1 N–H and O–H groups in total. The number of hydrogen-bond donors (Lipinski definition) is 1. The van der Waals surface area contributed by atoms with E-state index in [1.54, 1.807) is 0 Å². The van der Waals surface area contributed by atoms with Crippen LogP contribution in [0.3, 0.4) is 0 Å². The van der Waals surface area contributed by atoms with Gasteiger partial charge in [0, 0.05) is 17.9 Å². The number of ether oxygens (including phenoxy) is 1. The Bertz CT molecular complexity index is 900. The zero-order chi connectivity index (χ0) is 21.9. The summed E-state index contributed by atoms with van der Waals surface area (Å²) in [6, 6.07) is 12.1. The molecule has 3 rings (SSSR count). The first-order chi connectivity index (χ1) is 14.2. The van der Waals surface area contributed by atoms with Crippen LogP contribution in [0.2, 0.25) is 0 Å². The number of aryl methyl sites for hydroxylation is 2. The Balaban J connectivity index is 2.03. The maximum Gasteiger partial charge on any atom is 0.338 e. The van der Waals surface area contributed by atoms with Crippen molar-refractivity contribution in [3.8, 4) is 0 Å². The molecule has 0 saturated carbocycles. The van der Waals surface area contributed by atoms with Crippen LogP contribution in [0.5, 0.6) is 0 Å². The molecule has 0 atom stereocenters. The summed E-state index contributed by atoms with van der Waals surface area (Å²) < 4.78 is 5.60. The number of hydrogen-bond acceptors (Lipinski definition) is 5. The zero-order valence-electron chi connectivity index (χ0n) is 18.9. The fraction of sp³-hybridized carbons (Fsp3) is 0.480. The van der Waals surface area contributed by atoms with Crippen LogP contribution < -0.4 is 4.90 Å². The molecule has 0 fully saturated rings. The quantitative estimate of drug-likeness (QED) is 0.719. The number of carbonyl (C=O) groups excluding carboxylic acids is 1. The second kappa shape index (κ2) is 9.19. The SMILES string of the molecule is CN(C)CCCN1c2cc(CO)ccc2CCc2ccc(C(=O)OC(C)(C)C)cc21. The summed E-state index contributed by atoms with van der Waals surface area (Å²) in [7, 11) is 4.16. The Kier molecular flexibility index (Phi) is 6.84. The van der Waals surface area contributed by atoms with Gasteiger partial charge in [0.15, 0.2) is 0 Å². The molecule has 162 valence electrons. The van der Waals surface area contributed by atoms with Gasteiger partial charge in [-0.15, -0.1) is 0 Å². The normalized spacial score (nSPS) is 13.6. The number of esters is 1. The van der Waals surface area contributed by atoms with Gasteiger partial charge in [0.25, 0.3) is 0 Å². The van der Waals surface area contributed by atoms with Crippen LogP contribution in [-0.4, -0.2) is 48.8 Å². The maximum atomic E-state index is 12.7. The first-order valence-corrected chi connectivity index (χ1v) is 10.7. The third-order valence-corrected chi connectivity index (χ3v) is 5.28. The largest absolute Gasteiger partial charge is 0.456 e. The second-order valence-electron chi connectivity index (χ2n) is 9.28. The average molecular weight is 411 g/mol. The van der Waals surface area contributed by atoms with Crippen LogP contribution in [0.25, 0.3) is 0 Å². The van der Waals surface area contributed by atoms with Gasteiger partial charge in [0.1, 0.15) is 5.60 Å². The standard InChI is InChI=1S/C25H34N2O3/c1-25(2,3)30-24(29)21-12-11-20-10-9-19-8-7-18(17-28)15-22(19)27(23(20)16-21)14-6-13-26(4)5/h7-8,11-12,15-16,28H,6,9-10,13-14,17H2,1-5H3. The summed E-state index contributed by atoms with van der Waals surface area (Å²) in [6.45, 7) is 7.48. The van der Waals surface area contributed by atoms with Gasteiger partial charge in [-0.05, 0) is 95.6 Å². The molecule has 5 heteroatoms. The third kappa shape index (κ3) is 5.41. The lowest BCUT2D eigenvalue weighted by molar-refractivity contribution is 0.00695. The highest BCUT2D eigenvalue weighted by Gasteiger charge is 2.24. The van der Waals surface area contributed by atoms with Gasteiger partial charge in [-0.3, -0.25) is 0 Å². The molecule has 0 saturated heterocycles. The molecular formula is C25H34N2O3. The monoisotopic (exact) mass is 410 g/mol. The molecule has 1 heterocycles. The highest BCUT2D eigenvalue weighted by molar-refractivity contribution is 5.92. The van der Waals surface area contributed by atoms with Gasteiger partial charge in [0.2, 0.25) is 0 Å². The number of fused-ring (bicyclic) bond motifs is 2. The molecule has 0 amide bonds. The van der Waals surface area contributed by atoms with E-state index in [0.717, 1.165) is 49.3 Å². The molecule has 1 aliphatic rings. The first kappa shape index (κ1) is 22.3. The van der Waals surface area contributed by atoms with Gasteiger partial charge in [0.05, 0.1) is 12.2 Å². The fourth-order valence-electron chi connectivity index (χ4n) is 3.85. The van der Waals surface area contributed by atoms with Crippen LogP contribution >= 0.6 is 0 Å². The van der Waals surface area contributed by atoms with E-state index < -0.39 is 5.60 Å². The highest BCUT2D eigenvalue weighted by Crippen LogP contribution is 2.37. The van der Waals surface area contributed by atoms with Crippen LogP contribution in [0.15, 0.2) is 36.4 Å². The number of carbonyl (C=O) groups is 1. The lowest BCUT2D eigenvalue weighted by atomic mass is 10.0. The lowest BCUT2D eigenvalue weighted by Crippen LogP contribution is -2.25. The topological polar surface area (TPSA) is 53.0 Å². The van der Waals surface area contributed by atoms with E-state index >= 15 is 0 Å². The number of aliphatic hydroxyl groups excluding tert-OH is 1. The number of nitrogens with zero attached hydrogens (tertiary/aromatic N) is 2. The maximum absolute atomic E-state index is 12.7. The number of aliphatic hydroxyl groups is 1. The minimum atomic E-state index is -0.530. The van der Waals surface area contributed by atoms with Crippen molar-refractivity contribution in [3.05, 3.63) is 58.7 Å². The van der Waals surface area contributed by atoms with E-state index in [4.69, 9.17) is 4.74 Å². The molecule has 0 unspecified atom stereocenters. The molecule has 2 aromatic carbocycles. The summed E-state index contributed by atoms with van der Waals surface area (Å²) >= 11 is 0. The van der Waals surface area contributed by atoms with Crippen molar-refractivity contribution < 1.29 is 14.6 Å². The van der Waals surface area contributed by atoms with Crippen molar-refractivity contribution >= 4 is 17.3 Å². The second-order valence-corrected chi connectivity index (χ2v) is 9.28. The van der Waals surface area contributed by atoms with Crippen molar-refractivity contribution in [2.24, 2.45) is 0 Å². The molecule has 5 nitrogen and oxygen atoms in total. The highest BCUT2D eigenvalue weighted by atomic mass is 16.6. The Hall–Kier alpha value is -2.37. The van der Waals surface area contributed by atoms with Crippen molar-refractivity contribution in [1.82, 2.24) is 4.90 Å². The molecule has 2 aromatic rings. The van der Waals surface area contributed by atoms with E-state index in [0.29, 0.717) is 5.56 Å². The van der Waals surface area contributed by atoms with Crippen LogP contribution in [0, 0.1) is 0 Å². The van der Waals surface area contributed by atoms with Crippen molar-refractivity contribution in [2.45, 2.75) is 52.2 Å². The number of anilines is 2. The number of benzene rings is 2. The summed E-state index contributed by atoms with van der Waals surface area (Å²) in [6.07, 6.45) is 2.84. The fourth-order valence-corrected chi connectivity index (χ4v) is 3.85. The van der Waals surface area contributed by atoms with E-state index in [2.05, 4.69) is 42.1 Å². The van der Waals surface area contributed by atoms with Crippen LogP contribution in [-0.2, 0) is 24.2 Å². The lowest BCUT2D eigenvalue weighted by Gasteiger charge is -2.28. The Morgan fingerprint density at radius 3 is 2.30 bits per heavy atom. The Morgan fingerprint density at radius 1 is 1.07 bits per heavy atom. The predicted molar refractivity (Wildman–Crippen MR) is 122 cm³/mol. The van der Waals surface area contributed by atoms with Crippen molar-refractivity contribution in [2.75, 3.05) is 32.1 Å².